The van der Waals surface area contributed by atoms with Crippen LogP contribution >= 0.6 is 34.2 Å². The summed E-state index contributed by atoms with van der Waals surface area (Å²) < 4.78 is 6.51. The molecule has 3 rings (SSSR count). The van der Waals surface area contributed by atoms with Gasteiger partial charge in [-0.05, 0) is 52.4 Å². The van der Waals surface area contributed by atoms with Crippen LogP contribution < -0.4 is 10.1 Å². The minimum atomic E-state index is -0.214. The summed E-state index contributed by atoms with van der Waals surface area (Å²) in [5, 5.41) is 4.20. The molecule has 122 valence electrons. The highest BCUT2D eigenvalue weighted by atomic mass is 127. The van der Waals surface area contributed by atoms with Gasteiger partial charge in [0.25, 0.3) is 5.91 Å². The molecule has 0 radical (unpaired) electrons. The molecule has 1 aromatic carbocycles. The van der Waals surface area contributed by atoms with E-state index in [0.29, 0.717) is 22.8 Å². The smallest absolute Gasteiger partial charge is 0.258 e. The number of amides is 1. The molecule has 0 saturated heterocycles. The monoisotopic (exact) mass is 453 g/mol. The number of pyridine rings is 2. The number of rotatable bonds is 5. The summed E-state index contributed by atoms with van der Waals surface area (Å²) in [5.74, 6) is 0.348. The maximum Gasteiger partial charge on any atom is 0.258 e. The maximum absolute atomic E-state index is 12.0. The van der Waals surface area contributed by atoms with Gasteiger partial charge < -0.3 is 10.1 Å². The number of aromatic nitrogens is 2. The lowest BCUT2D eigenvalue weighted by Crippen LogP contribution is -2.28. The average Bonchev–Trinajstić information content (AvgIpc) is 2.60. The Morgan fingerprint density at radius 2 is 2.12 bits per heavy atom. The Bertz CT molecular complexity index is 874. The van der Waals surface area contributed by atoms with Crippen molar-refractivity contribution in [3.05, 3.63) is 63.1 Å². The van der Waals surface area contributed by atoms with Crippen molar-refractivity contribution < 1.29 is 9.53 Å². The van der Waals surface area contributed by atoms with Gasteiger partial charge in [-0.15, -0.1) is 0 Å². The lowest BCUT2D eigenvalue weighted by Gasteiger charge is -2.12. The van der Waals surface area contributed by atoms with Gasteiger partial charge >= 0.3 is 0 Å². The number of nitrogens with one attached hydrogen (secondary N) is 1. The van der Waals surface area contributed by atoms with Crippen molar-refractivity contribution in [3.8, 4) is 5.75 Å². The summed E-state index contributed by atoms with van der Waals surface area (Å²) in [6.07, 6.45) is 5.07. The Kier molecular flexibility index (Phi) is 5.47. The van der Waals surface area contributed by atoms with Crippen LogP contribution in [0, 0.1) is 3.57 Å². The first-order valence-corrected chi connectivity index (χ1v) is 8.62. The van der Waals surface area contributed by atoms with Crippen LogP contribution in [0.5, 0.6) is 5.75 Å². The highest BCUT2D eigenvalue weighted by molar-refractivity contribution is 14.1. The lowest BCUT2D eigenvalue weighted by molar-refractivity contribution is -0.123. The third-order valence-electron chi connectivity index (χ3n) is 3.31. The van der Waals surface area contributed by atoms with E-state index in [-0.39, 0.29) is 12.5 Å². The van der Waals surface area contributed by atoms with Crippen LogP contribution in [0.1, 0.15) is 5.56 Å². The third-order valence-corrected chi connectivity index (χ3v) is 4.42. The molecular weight excluding hydrogens is 441 g/mol. The molecule has 0 aliphatic rings. The number of hydrogen-bond donors (Lipinski definition) is 1. The quantitative estimate of drug-likeness (QED) is 0.600. The van der Waals surface area contributed by atoms with Gasteiger partial charge in [-0.1, -0.05) is 17.7 Å². The molecular formula is C17H13ClIN3O2. The molecule has 0 bridgehead atoms. The zero-order valence-corrected chi connectivity index (χ0v) is 15.4. The molecule has 0 unspecified atom stereocenters. The van der Waals surface area contributed by atoms with E-state index in [4.69, 9.17) is 16.3 Å². The Hall–Kier alpha value is -1.93. The van der Waals surface area contributed by atoms with Gasteiger partial charge in [0.1, 0.15) is 5.52 Å². The minimum absolute atomic E-state index is 0.0937. The largest absolute Gasteiger partial charge is 0.480 e. The van der Waals surface area contributed by atoms with E-state index in [2.05, 4.69) is 37.9 Å². The first kappa shape index (κ1) is 16.9. The van der Waals surface area contributed by atoms with Crippen LogP contribution in [0.3, 0.4) is 0 Å². The maximum atomic E-state index is 12.0. The number of benzene rings is 1. The number of fused-ring (bicyclic) bond motifs is 1. The molecule has 3 aromatic rings. The fourth-order valence-corrected chi connectivity index (χ4v) is 3.34. The van der Waals surface area contributed by atoms with Crippen molar-refractivity contribution in [2.24, 2.45) is 0 Å². The Morgan fingerprint density at radius 3 is 2.92 bits per heavy atom. The van der Waals surface area contributed by atoms with Crippen molar-refractivity contribution in [1.82, 2.24) is 15.3 Å². The van der Waals surface area contributed by atoms with Gasteiger partial charge in [-0.25, -0.2) is 0 Å². The minimum Gasteiger partial charge on any atom is -0.480 e. The van der Waals surface area contributed by atoms with Gasteiger partial charge in [0.05, 0.1) is 8.59 Å². The normalized spacial score (nSPS) is 10.6. The topological polar surface area (TPSA) is 64.1 Å². The second-order valence-electron chi connectivity index (χ2n) is 5.00. The van der Waals surface area contributed by atoms with E-state index in [1.165, 1.54) is 0 Å². The predicted octanol–water partition coefficient (Wildman–Crippen LogP) is 3.58. The van der Waals surface area contributed by atoms with E-state index in [1.807, 2.05) is 24.3 Å². The molecule has 0 aliphatic heterocycles. The highest BCUT2D eigenvalue weighted by Crippen LogP contribution is 2.34. The van der Waals surface area contributed by atoms with Crippen LogP contribution in [-0.4, -0.2) is 22.5 Å². The van der Waals surface area contributed by atoms with Crippen molar-refractivity contribution in [3.63, 3.8) is 0 Å². The number of ether oxygens (including phenoxy) is 1. The number of carbonyl (C=O) groups excluding carboxylic acids is 1. The van der Waals surface area contributed by atoms with Gasteiger partial charge in [-0.2, -0.15) is 0 Å². The van der Waals surface area contributed by atoms with Gasteiger partial charge in [0, 0.05) is 30.5 Å². The molecule has 0 spiro atoms. The Labute approximate surface area is 157 Å². The summed E-state index contributed by atoms with van der Waals surface area (Å²) in [6.45, 7) is 0.316. The third kappa shape index (κ3) is 3.93. The molecule has 2 heterocycles. The number of carbonyl (C=O) groups is 1. The molecule has 0 aliphatic carbocycles. The predicted molar refractivity (Wildman–Crippen MR) is 101 cm³/mol. The number of halogens is 2. The van der Waals surface area contributed by atoms with E-state index in [0.717, 1.165) is 14.5 Å². The molecule has 7 heteroatoms. The molecule has 1 amide bonds. The Morgan fingerprint density at radius 1 is 1.29 bits per heavy atom. The van der Waals surface area contributed by atoms with Gasteiger partial charge in [0.15, 0.2) is 12.4 Å². The summed E-state index contributed by atoms with van der Waals surface area (Å²) in [4.78, 5) is 20.3. The van der Waals surface area contributed by atoms with E-state index < -0.39 is 0 Å². The molecule has 0 atom stereocenters. The molecule has 1 N–H and O–H groups in total. The van der Waals surface area contributed by atoms with Crippen LogP contribution in [0.2, 0.25) is 5.02 Å². The summed E-state index contributed by atoms with van der Waals surface area (Å²) in [6, 6.07) is 9.20. The second kappa shape index (κ2) is 7.76. The highest BCUT2D eigenvalue weighted by Gasteiger charge is 2.13. The van der Waals surface area contributed by atoms with Crippen LogP contribution in [0.25, 0.3) is 10.9 Å². The van der Waals surface area contributed by atoms with Crippen molar-refractivity contribution >= 4 is 51.0 Å². The van der Waals surface area contributed by atoms with Crippen LogP contribution in [0.15, 0.2) is 48.9 Å². The Balaban J connectivity index is 1.68. The summed E-state index contributed by atoms with van der Waals surface area (Å²) in [7, 11) is 0. The van der Waals surface area contributed by atoms with Crippen molar-refractivity contribution in [1.29, 1.82) is 0 Å². The lowest BCUT2D eigenvalue weighted by atomic mass is 10.2. The van der Waals surface area contributed by atoms with Crippen LogP contribution in [0.4, 0.5) is 0 Å². The molecule has 0 saturated carbocycles. The van der Waals surface area contributed by atoms with E-state index in [9.17, 15) is 4.79 Å². The number of hydrogen-bond acceptors (Lipinski definition) is 4. The van der Waals surface area contributed by atoms with Gasteiger partial charge in [0.2, 0.25) is 0 Å². The second-order valence-corrected chi connectivity index (χ2v) is 6.56. The van der Waals surface area contributed by atoms with Gasteiger partial charge in [-0.3, -0.25) is 14.8 Å². The fourth-order valence-electron chi connectivity index (χ4n) is 2.18. The first-order valence-electron chi connectivity index (χ1n) is 7.16. The molecule has 2 aromatic heterocycles. The van der Waals surface area contributed by atoms with Crippen molar-refractivity contribution in [2.45, 2.75) is 6.54 Å². The SMILES string of the molecule is O=C(COc1c(I)cc(Cl)c2cccnc12)NCc1cccnc1. The summed E-state index contributed by atoms with van der Waals surface area (Å²) >= 11 is 8.35. The van der Waals surface area contributed by atoms with E-state index >= 15 is 0 Å². The standard InChI is InChI=1S/C17H13ClIN3O2/c18-13-7-14(19)17(16-12(13)4-2-6-21-16)24-10-15(23)22-9-11-3-1-5-20-8-11/h1-8H,9-10H2,(H,22,23). The number of nitrogens with zero attached hydrogens (tertiary/aromatic N) is 2. The molecule has 0 fully saturated rings. The zero-order chi connectivity index (χ0) is 16.9. The molecule has 5 nitrogen and oxygen atoms in total. The fraction of sp³-hybridized carbons (Fsp3) is 0.118. The van der Waals surface area contributed by atoms with Crippen molar-refractivity contribution in [2.75, 3.05) is 6.61 Å². The zero-order valence-electron chi connectivity index (χ0n) is 12.5. The van der Waals surface area contributed by atoms with E-state index in [1.54, 1.807) is 24.7 Å². The summed E-state index contributed by atoms with van der Waals surface area (Å²) in [5.41, 5.74) is 1.58. The average molecular weight is 454 g/mol. The molecule has 24 heavy (non-hydrogen) atoms. The van der Waals surface area contributed by atoms with Crippen LogP contribution in [-0.2, 0) is 11.3 Å². The first-order chi connectivity index (χ1) is 11.6.